The van der Waals surface area contributed by atoms with Crippen LogP contribution in [0.5, 0.6) is 0 Å². The second-order valence-corrected chi connectivity index (χ2v) is 8.67. The fraction of sp³-hybridized carbons (Fsp3) is 0.600. The number of unbranched alkanes of at least 4 members (excludes halogenated alkanes) is 5. The molecule has 1 aromatic rings. The molecule has 0 unspecified atom stereocenters. The van der Waals surface area contributed by atoms with Crippen LogP contribution in [-0.2, 0) is 17.4 Å². The Morgan fingerprint density at radius 3 is 2.18 bits per heavy atom. The summed E-state index contributed by atoms with van der Waals surface area (Å²) in [5.41, 5.74) is 9.70. The SMILES string of the molecule is CCCCCCCCc1ccc(CC[C@](/C=C/P(=O)(O)O)(CO)N=[N+]=[N-])cc1. The maximum absolute atomic E-state index is 11.1. The van der Waals surface area contributed by atoms with Crippen molar-refractivity contribution in [2.75, 3.05) is 6.61 Å². The van der Waals surface area contributed by atoms with Gasteiger partial charge in [-0.1, -0.05) is 74.5 Å². The number of rotatable bonds is 14. The second-order valence-electron chi connectivity index (χ2n) is 7.19. The molecule has 1 rings (SSSR count). The third-order valence-corrected chi connectivity index (χ3v) is 5.32. The van der Waals surface area contributed by atoms with Gasteiger partial charge < -0.3 is 14.9 Å². The van der Waals surface area contributed by atoms with E-state index in [0.29, 0.717) is 12.2 Å². The molecule has 0 saturated carbocycles. The highest BCUT2D eigenvalue weighted by molar-refractivity contribution is 7.55. The van der Waals surface area contributed by atoms with Gasteiger partial charge in [-0.15, -0.1) is 0 Å². The Morgan fingerprint density at radius 2 is 1.64 bits per heavy atom. The predicted octanol–water partition coefficient (Wildman–Crippen LogP) is 5.26. The lowest BCUT2D eigenvalue weighted by atomic mass is 9.92. The summed E-state index contributed by atoms with van der Waals surface area (Å²) >= 11 is 0. The lowest BCUT2D eigenvalue weighted by Crippen LogP contribution is -2.28. The Hall–Kier alpha value is -1.62. The smallest absolute Gasteiger partial charge is 0.348 e. The molecule has 0 fully saturated rings. The molecule has 0 aliphatic carbocycles. The normalized spacial score (nSPS) is 14.0. The van der Waals surface area contributed by atoms with Crippen molar-refractivity contribution in [1.29, 1.82) is 0 Å². The Balaban J connectivity index is 2.60. The van der Waals surface area contributed by atoms with Gasteiger partial charge >= 0.3 is 7.60 Å². The van der Waals surface area contributed by atoms with Crippen molar-refractivity contribution in [3.05, 3.63) is 57.7 Å². The summed E-state index contributed by atoms with van der Waals surface area (Å²) in [6, 6.07) is 8.19. The number of hydrogen-bond donors (Lipinski definition) is 3. The molecule has 1 atom stereocenters. The predicted molar refractivity (Wildman–Crippen MR) is 112 cm³/mol. The van der Waals surface area contributed by atoms with E-state index in [1.165, 1.54) is 44.1 Å². The van der Waals surface area contributed by atoms with Gasteiger partial charge in [0.25, 0.3) is 0 Å². The highest BCUT2D eigenvalue weighted by Gasteiger charge is 2.26. The second kappa shape index (κ2) is 12.8. The molecule has 1 aromatic carbocycles. The van der Waals surface area contributed by atoms with Crippen molar-refractivity contribution < 1.29 is 19.5 Å². The lowest BCUT2D eigenvalue weighted by molar-refractivity contribution is 0.219. The molecule has 0 saturated heterocycles. The van der Waals surface area contributed by atoms with E-state index in [4.69, 9.17) is 15.3 Å². The molecule has 0 radical (unpaired) electrons. The van der Waals surface area contributed by atoms with Gasteiger partial charge in [-0.2, -0.15) is 0 Å². The van der Waals surface area contributed by atoms with Gasteiger partial charge in [-0.05, 0) is 42.3 Å². The van der Waals surface area contributed by atoms with Crippen LogP contribution in [-0.4, -0.2) is 27.0 Å². The van der Waals surface area contributed by atoms with Crippen LogP contribution in [0.2, 0.25) is 0 Å². The molecule has 7 nitrogen and oxygen atoms in total. The van der Waals surface area contributed by atoms with Gasteiger partial charge in [-0.3, -0.25) is 4.57 Å². The van der Waals surface area contributed by atoms with Crippen molar-refractivity contribution in [3.63, 3.8) is 0 Å². The van der Waals surface area contributed by atoms with Gasteiger partial charge in [0.05, 0.1) is 12.1 Å². The van der Waals surface area contributed by atoms with Crippen LogP contribution in [0.15, 0.2) is 41.3 Å². The van der Waals surface area contributed by atoms with Gasteiger partial charge in [0.1, 0.15) is 0 Å². The van der Waals surface area contributed by atoms with Crippen LogP contribution in [0.3, 0.4) is 0 Å². The monoisotopic (exact) mass is 409 g/mol. The summed E-state index contributed by atoms with van der Waals surface area (Å²) in [6.07, 6.45) is 10.5. The van der Waals surface area contributed by atoms with E-state index in [0.717, 1.165) is 18.1 Å². The Bertz CT molecular complexity index is 696. The van der Waals surface area contributed by atoms with Gasteiger partial charge in [0, 0.05) is 10.7 Å². The Labute approximate surface area is 167 Å². The number of benzene rings is 1. The quantitative estimate of drug-likeness (QED) is 0.127. The van der Waals surface area contributed by atoms with E-state index in [2.05, 4.69) is 29.1 Å². The van der Waals surface area contributed by atoms with Crippen LogP contribution < -0.4 is 0 Å². The van der Waals surface area contributed by atoms with Crippen LogP contribution in [0, 0.1) is 0 Å². The van der Waals surface area contributed by atoms with Crippen molar-refractivity contribution in [2.24, 2.45) is 5.11 Å². The molecule has 0 heterocycles. The zero-order valence-corrected chi connectivity index (χ0v) is 17.5. The first-order valence-corrected chi connectivity index (χ1v) is 11.5. The molecule has 156 valence electrons. The van der Waals surface area contributed by atoms with Gasteiger partial charge in [0.15, 0.2) is 0 Å². The number of aliphatic hydroxyl groups is 1. The fourth-order valence-electron chi connectivity index (χ4n) is 3.00. The number of aryl methyl sites for hydroxylation is 2. The molecule has 0 bridgehead atoms. The summed E-state index contributed by atoms with van der Waals surface area (Å²) in [5, 5.41) is 13.2. The Kier molecular flexibility index (Phi) is 11.1. The minimum Gasteiger partial charge on any atom is -0.395 e. The number of azide groups is 1. The molecule has 3 N–H and O–H groups in total. The van der Waals surface area contributed by atoms with Crippen LogP contribution in [0.1, 0.15) is 63.0 Å². The highest BCUT2D eigenvalue weighted by atomic mass is 31.2. The lowest BCUT2D eigenvalue weighted by Gasteiger charge is -2.22. The van der Waals surface area contributed by atoms with Gasteiger partial charge in [-0.25, -0.2) is 0 Å². The van der Waals surface area contributed by atoms with E-state index < -0.39 is 19.7 Å². The van der Waals surface area contributed by atoms with E-state index >= 15 is 0 Å². The topological polar surface area (TPSA) is 127 Å². The van der Waals surface area contributed by atoms with E-state index in [1.54, 1.807) is 0 Å². The number of nitrogens with zero attached hydrogens (tertiary/aromatic N) is 3. The first kappa shape index (κ1) is 24.4. The zero-order chi connectivity index (χ0) is 20.9. The molecule has 0 amide bonds. The third kappa shape index (κ3) is 10.1. The maximum Gasteiger partial charge on any atom is 0.348 e. The van der Waals surface area contributed by atoms with Crippen molar-refractivity contribution in [2.45, 2.75) is 70.3 Å². The number of aliphatic hydroxyl groups excluding tert-OH is 1. The molecule has 8 heteroatoms. The highest BCUT2D eigenvalue weighted by Crippen LogP contribution is 2.38. The fourth-order valence-corrected chi connectivity index (χ4v) is 3.47. The van der Waals surface area contributed by atoms with Crippen molar-refractivity contribution >= 4 is 7.60 Å². The first-order chi connectivity index (χ1) is 13.3. The number of hydrogen-bond acceptors (Lipinski definition) is 3. The largest absolute Gasteiger partial charge is 0.395 e. The summed E-state index contributed by atoms with van der Waals surface area (Å²) in [5.74, 6) is 0.682. The van der Waals surface area contributed by atoms with Gasteiger partial charge in [0.2, 0.25) is 0 Å². The maximum atomic E-state index is 11.1. The van der Waals surface area contributed by atoms with E-state index in [9.17, 15) is 9.67 Å². The van der Waals surface area contributed by atoms with E-state index in [-0.39, 0.29) is 6.42 Å². The molecular formula is C20H32N3O4P. The standard InChI is InChI=1S/C20H32N3O4P/c1-2-3-4-5-6-7-8-18-9-11-19(12-10-18)13-14-20(17-24,22-23-21)15-16-28(25,26)27/h9-12,15-16,24H,2-8,13-14,17H2,1H3,(H2,25,26,27)/b16-15+/t20-/m0/s1. The molecule has 0 spiro atoms. The van der Waals surface area contributed by atoms with Crippen molar-refractivity contribution in [1.82, 2.24) is 0 Å². The summed E-state index contributed by atoms with van der Waals surface area (Å²) < 4.78 is 11.1. The third-order valence-electron chi connectivity index (χ3n) is 4.79. The molecular weight excluding hydrogens is 377 g/mol. The van der Waals surface area contributed by atoms with Crippen molar-refractivity contribution in [3.8, 4) is 0 Å². The summed E-state index contributed by atoms with van der Waals surface area (Å²) in [6.45, 7) is 1.69. The van der Waals surface area contributed by atoms with Crippen LogP contribution in [0.25, 0.3) is 10.4 Å². The summed E-state index contributed by atoms with van der Waals surface area (Å²) in [7, 11) is -4.40. The molecule has 28 heavy (non-hydrogen) atoms. The molecule has 0 aliphatic rings. The minimum atomic E-state index is -4.40. The average Bonchev–Trinajstić information content (AvgIpc) is 2.67. The first-order valence-electron chi connectivity index (χ1n) is 9.85. The molecule has 0 aliphatic heterocycles. The van der Waals surface area contributed by atoms with E-state index in [1.807, 2.05) is 12.1 Å². The zero-order valence-electron chi connectivity index (χ0n) is 16.6. The van der Waals surface area contributed by atoms with Crippen LogP contribution in [0.4, 0.5) is 0 Å². The summed E-state index contributed by atoms with van der Waals surface area (Å²) in [4.78, 5) is 20.7. The molecule has 0 aromatic heterocycles. The Morgan fingerprint density at radius 1 is 1.07 bits per heavy atom. The average molecular weight is 409 g/mol. The van der Waals surface area contributed by atoms with Crippen LogP contribution >= 0.6 is 7.60 Å². The minimum absolute atomic E-state index is 0.251.